The van der Waals surface area contributed by atoms with Gasteiger partial charge in [-0.05, 0) is 57.8 Å². The highest BCUT2D eigenvalue weighted by atomic mass is 16.5. The molecule has 0 bridgehead atoms. The molecule has 0 aliphatic heterocycles. The second kappa shape index (κ2) is 61.9. The fourth-order valence-electron chi connectivity index (χ4n) is 10.2. The van der Waals surface area contributed by atoms with E-state index in [1.54, 1.807) is 6.08 Å². The average molecular weight is 1010 g/mol. The molecule has 0 aromatic heterocycles. The number of aliphatic hydroxyl groups excluding tert-OH is 2. The van der Waals surface area contributed by atoms with Gasteiger partial charge in [0.1, 0.15) is 0 Å². The molecule has 72 heavy (non-hydrogen) atoms. The van der Waals surface area contributed by atoms with Crippen molar-refractivity contribution in [3.63, 3.8) is 0 Å². The van der Waals surface area contributed by atoms with Gasteiger partial charge in [-0.1, -0.05) is 314 Å². The van der Waals surface area contributed by atoms with Crippen molar-refractivity contribution in [2.45, 2.75) is 373 Å². The molecule has 6 nitrogen and oxygen atoms in total. The zero-order valence-corrected chi connectivity index (χ0v) is 48.7. The molecule has 3 N–H and O–H groups in total. The highest BCUT2D eigenvalue weighted by Gasteiger charge is 2.18. The van der Waals surface area contributed by atoms with Gasteiger partial charge in [-0.2, -0.15) is 0 Å². The molecule has 0 saturated heterocycles. The van der Waals surface area contributed by atoms with Crippen LogP contribution in [0.25, 0.3) is 0 Å². The van der Waals surface area contributed by atoms with Gasteiger partial charge in [0, 0.05) is 12.8 Å². The number of carbonyl (C=O) groups is 2. The summed E-state index contributed by atoms with van der Waals surface area (Å²) in [6.07, 6.45) is 76.6. The molecule has 426 valence electrons. The Balaban J connectivity index is 3.38. The minimum Gasteiger partial charge on any atom is -0.466 e. The van der Waals surface area contributed by atoms with E-state index in [0.29, 0.717) is 19.4 Å². The van der Waals surface area contributed by atoms with E-state index in [1.807, 2.05) is 6.08 Å². The molecule has 6 heteroatoms. The van der Waals surface area contributed by atoms with Gasteiger partial charge >= 0.3 is 5.97 Å². The number of esters is 1. The van der Waals surface area contributed by atoms with Crippen LogP contribution in [0.5, 0.6) is 0 Å². The number of allylic oxidation sites excluding steroid dienone is 3. The molecule has 0 rings (SSSR count). The lowest BCUT2D eigenvalue weighted by Gasteiger charge is -2.20. The third kappa shape index (κ3) is 57.6. The van der Waals surface area contributed by atoms with Gasteiger partial charge in [0.15, 0.2) is 0 Å². The first kappa shape index (κ1) is 70.3. The van der Waals surface area contributed by atoms with Crippen LogP contribution in [0.3, 0.4) is 0 Å². The van der Waals surface area contributed by atoms with E-state index in [-0.39, 0.29) is 18.5 Å². The van der Waals surface area contributed by atoms with Gasteiger partial charge in [0.2, 0.25) is 5.91 Å². The number of nitrogens with one attached hydrogen (secondary N) is 1. The van der Waals surface area contributed by atoms with Gasteiger partial charge in [0.25, 0.3) is 0 Å². The van der Waals surface area contributed by atoms with Crippen molar-refractivity contribution in [3.05, 3.63) is 24.3 Å². The molecule has 2 atom stereocenters. The Kier molecular flexibility index (Phi) is 60.5. The summed E-state index contributed by atoms with van der Waals surface area (Å²) < 4.78 is 5.49. The molecule has 0 heterocycles. The second-order valence-electron chi connectivity index (χ2n) is 22.5. The van der Waals surface area contributed by atoms with Crippen molar-refractivity contribution < 1.29 is 24.5 Å². The Labute approximate surface area is 450 Å². The van der Waals surface area contributed by atoms with Gasteiger partial charge in [-0.15, -0.1) is 0 Å². The summed E-state index contributed by atoms with van der Waals surface area (Å²) in [4.78, 5) is 24.5. The van der Waals surface area contributed by atoms with Crippen LogP contribution in [0.4, 0.5) is 0 Å². The van der Waals surface area contributed by atoms with Crippen LogP contribution in [0.15, 0.2) is 24.3 Å². The van der Waals surface area contributed by atoms with Crippen LogP contribution in [0.1, 0.15) is 361 Å². The zero-order valence-electron chi connectivity index (χ0n) is 48.7. The SMILES string of the molecule is CCCCCCCC/C=C\CCCCCCCC(=O)OCCCCCCCCCCCCCCCCCCCCCCCCCCC(=O)NC(CO)C(O)/C=C/CCCCCCCCCCCCCCCC. The van der Waals surface area contributed by atoms with Crippen LogP contribution in [0, 0.1) is 0 Å². The van der Waals surface area contributed by atoms with Gasteiger partial charge in [-0.25, -0.2) is 0 Å². The standard InChI is InChI=1S/C66H127NO5/c1-3-5-7-9-11-13-15-17-19-31-34-38-42-46-50-54-58-64(69)63(62-68)67-65(70)59-55-51-47-43-39-35-32-28-26-24-22-20-21-23-25-27-29-33-37-41-45-49-53-57-61-72-66(71)60-56-52-48-44-40-36-30-18-16-14-12-10-8-6-4-2/h18,30,54,58,63-64,68-69H,3-17,19-29,31-53,55-57,59-62H2,1-2H3,(H,67,70)/b30-18-,58-54+. The fraction of sp³-hybridized carbons (Fsp3) is 0.909. The van der Waals surface area contributed by atoms with E-state index in [0.717, 1.165) is 44.9 Å². The van der Waals surface area contributed by atoms with E-state index in [4.69, 9.17) is 4.74 Å². The summed E-state index contributed by atoms with van der Waals surface area (Å²) in [6, 6.07) is -0.627. The average Bonchev–Trinajstić information content (AvgIpc) is 3.38. The van der Waals surface area contributed by atoms with Crippen molar-refractivity contribution in [1.29, 1.82) is 0 Å². The summed E-state index contributed by atoms with van der Waals surface area (Å²) >= 11 is 0. The van der Waals surface area contributed by atoms with E-state index in [2.05, 4.69) is 31.3 Å². The molecular weight excluding hydrogens is 887 g/mol. The molecule has 0 aliphatic rings. The van der Waals surface area contributed by atoms with Crippen molar-refractivity contribution >= 4 is 11.9 Å². The minimum absolute atomic E-state index is 0.00750. The normalized spacial score (nSPS) is 12.7. The third-order valence-corrected chi connectivity index (χ3v) is 15.2. The molecule has 0 saturated carbocycles. The maximum absolute atomic E-state index is 12.5. The van der Waals surface area contributed by atoms with Crippen LogP contribution in [0.2, 0.25) is 0 Å². The Bertz CT molecular complexity index is 1120. The Morgan fingerprint density at radius 2 is 0.653 bits per heavy atom. The van der Waals surface area contributed by atoms with Crippen molar-refractivity contribution in [2.75, 3.05) is 13.2 Å². The number of hydrogen-bond acceptors (Lipinski definition) is 5. The fourth-order valence-corrected chi connectivity index (χ4v) is 10.2. The molecule has 1 amide bonds. The van der Waals surface area contributed by atoms with E-state index >= 15 is 0 Å². The highest BCUT2D eigenvalue weighted by molar-refractivity contribution is 5.76. The number of amides is 1. The third-order valence-electron chi connectivity index (χ3n) is 15.2. The highest BCUT2D eigenvalue weighted by Crippen LogP contribution is 2.18. The van der Waals surface area contributed by atoms with Crippen LogP contribution >= 0.6 is 0 Å². The van der Waals surface area contributed by atoms with Crippen LogP contribution < -0.4 is 5.32 Å². The predicted molar refractivity (Wildman–Crippen MR) is 315 cm³/mol. The largest absolute Gasteiger partial charge is 0.466 e. The Hall–Kier alpha value is -1.66. The first-order valence-electron chi connectivity index (χ1n) is 32.6. The summed E-state index contributed by atoms with van der Waals surface area (Å²) in [7, 11) is 0. The molecule has 0 fully saturated rings. The van der Waals surface area contributed by atoms with Crippen molar-refractivity contribution in [1.82, 2.24) is 5.32 Å². The Morgan fingerprint density at radius 3 is 0.986 bits per heavy atom. The first-order valence-corrected chi connectivity index (χ1v) is 32.6. The summed E-state index contributed by atoms with van der Waals surface area (Å²) in [5, 5.41) is 23.2. The topological polar surface area (TPSA) is 95.9 Å². The number of unbranched alkanes of at least 4 members (excludes halogenated alkanes) is 48. The number of hydrogen-bond donors (Lipinski definition) is 3. The maximum Gasteiger partial charge on any atom is 0.305 e. The summed E-state index contributed by atoms with van der Waals surface area (Å²) in [6.45, 7) is 4.92. The number of carbonyl (C=O) groups excluding carboxylic acids is 2. The Morgan fingerprint density at radius 1 is 0.375 bits per heavy atom. The van der Waals surface area contributed by atoms with E-state index in [9.17, 15) is 19.8 Å². The van der Waals surface area contributed by atoms with Crippen molar-refractivity contribution in [3.8, 4) is 0 Å². The lowest BCUT2D eigenvalue weighted by atomic mass is 10.0. The van der Waals surface area contributed by atoms with Crippen LogP contribution in [-0.4, -0.2) is 47.4 Å². The lowest BCUT2D eigenvalue weighted by Crippen LogP contribution is -2.45. The molecule has 0 aliphatic carbocycles. The molecule has 0 radical (unpaired) electrons. The minimum atomic E-state index is -0.843. The van der Waals surface area contributed by atoms with Crippen molar-refractivity contribution in [2.24, 2.45) is 0 Å². The quantitative estimate of drug-likeness (QED) is 0.0320. The van der Waals surface area contributed by atoms with Crippen LogP contribution in [-0.2, 0) is 14.3 Å². The second-order valence-corrected chi connectivity index (χ2v) is 22.5. The maximum atomic E-state index is 12.5. The lowest BCUT2D eigenvalue weighted by molar-refractivity contribution is -0.143. The summed E-state index contributed by atoms with van der Waals surface area (Å²) in [5.41, 5.74) is 0. The number of ether oxygens (including phenoxy) is 1. The zero-order chi connectivity index (χ0) is 52.2. The van der Waals surface area contributed by atoms with E-state index < -0.39 is 12.1 Å². The van der Waals surface area contributed by atoms with Gasteiger partial charge in [0.05, 0.1) is 25.4 Å². The first-order chi connectivity index (χ1) is 35.5. The molecule has 0 spiro atoms. The van der Waals surface area contributed by atoms with Gasteiger partial charge < -0.3 is 20.3 Å². The predicted octanol–water partition coefficient (Wildman–Crippen LogP) is 20.6. The molecule has 0 aromatic rings. The number of rotatable bonds is 61. The smallest absolute Gasteiger partial charge is 0.305 e. The molecule has 0 aromatic carbocycles. The number of aliphatic hydroxyl groups is 2. The van der Waals surface area contributed by atoms with Gasteiger partial charge in [-0.3, -0.25) is 9.59 Å². The summed E-state index contributed by atoms with van der Waals surface area (Å²) in [5.74, 6) is -0.0570. The molecule has 2 unspecified atom stereocenters. The molecular formula is C66H127NO5. The monoisotopic (exact) mass is 1010 g/mol. The van der Waals surface area contributed by atoms with E-state index in [1.165, 1.54) is 289 Å².